The van der Waals surface area contributed by atoms with Gasteiger partial charge < -0.3 is 10.1 Å². The van der Waals surface area contributed by atoms with Gasteiger partial charge in [0.05, 0.1) is 6.42 Å². The van der Waals surface area contributed by atoms with Crippen LogP contribution in [0.15, 0.2) is 72.8 Å². The predicted octanol–water partition coefficient (Wildman–Crippen LogP) is 5.84. The number of Topliss-reactive ketones (excluding diaryl/α,β-unsaturated/α-hetero) is 1. The minimum atomic E-state index is -1.13. The number of halogens is 1. The fourth-order valence-electron chi connectivity index (χ4n) is 3.16. The van der Waals surface area contributed by atoms with E-state index in [-0.39, 0.29) is 18.6 Å². The van der Waals surface area contributed by atoms with Crippen LogP contribution in [0.2, 0.25) is 5.02 Å². The lowest BCUT2D eigenvalue weighted by Gasteiger charge is -2.19. The molecule has 3 aromatic carbocycles. The zero-order valence-corrected chi connectivity index (χ0v) is 18.7. The number of carbonyl (C=O) groups is 3. The lowest BCUT2D eigenvalue weighted by atomic mass is 10.1. The Kier molecular flexibility index (Phi) is 7.79. The summed E-state index contributed by atoms with van der Waals surface area (Å²) in [4.78, 5) is 37.9. The van der Waals surface area contributed by atoms with Crippen LogP contribution in [0.3, 0.4) is 0 Å². The van der Waals surface area contributed by atoms with E-state index < -0.39 is 18.0 Å². The summed E-state index contributed by atoms with van der Waals surface area (Å²) in [6.07, 6.45) is -1.29. The van der Waals surface area contributed by atoms with E-state index in [4.69, 9.17) is 16.3 Å². The van der Waals surface area contributed by atoms with Crippen molar-refractivity contribution < 1.29 is 19.1 Å². The monoisotopic (exact) mass is 449 g/mol. The highest BCUT2D eigenvalue weighted by atomic mass is 35.5. The first-order valence-electron chi connectivity index (χ1n) is 10.2. The number of aryl methyl sites for hydroxylation is 2. The van der Waals surface area contributed by atoms with Crippen molar-refractivity contribution in [3.8, 4) is 0 Å². The third kappa shape index (κ3) is 6.28. The Bertz CT molecular complexity index is 1110. The van der Waals surface area contributed by atoms with Crippen LogP contribution in [0.4, 0.5) is 5.69 Å². The molecule has 32 heavy (non-hydrogen) atoms. The van der Waals surface area contributed by atoms with Crippen LogP contribution in [0, 0.1) is 13.8 Å². The molecule has 1 amide bonds. The fraction of sp³-hybridized carbons (Fsp3) is 0.192. The molecule has 1 N–H and O–H groups in total. The molecule has 3 rings (SSSR count). The van der Waals surface area contributed by atoms with Gasteiger partial charge in [-0.2, -0.15) is 0 Å². The highest BCUT2D eigenvalue weighted by Crippen LogP contribution is 2.23. The summed E-state index contributed by atoms with van der Waals surface area (Å²) in [6.45, 7) is 3.82. The number of hydrogen-bond acceptors (Lipinski definition) is 4. The van der Waals surface area contributed by atoms with Gasteiger partial charge in [0.2, 0.25) is 6.10 Å². The van der Waals surface area contributed by atoms with Gasteiger partial charge in [-0.1, -0.05) is 54.1 Å². The van der Waals surface area contributed by atoms with Gasteiger partial charge in [0.15, 0.2) is 5.78 Å². The molecule has 6 heteroatoms. The molecule has 0 aromatic heterocycles. The van der Waals surface area contributed by atoms with Crippen LogP contribution in [-0.2, 0) is 14.3 Å². The Hall–Kier alpha value is -3.44. The van der Waals surface area contributed by atoms with Crippen LogP contribution in [-0.4, -0.2) is 17.7 Å². The Morgan fingerprint density at radius 3 is 2.28 bits per heavy atom. The number of hydrogen-bond donors (Lipinski definition) is 1. The molecule has 0 bridgehead atoms. The average molecular weight is 450 g/mol. The minimum absolute atomic E-state index is 0.0272. The smallest absolute Gasteiger partial charge is 0.307 e. The van der Waals surface area contributed by atoms with Crippen molar-refractivity contribution in [1.82, 2.24) is 0 Å². The van der Waals surface area contributed by atoms with Crippen LogP contribution >= 0.6 is 11.6 Å². The first-order chi connectivity index (χ1) is 15.3. The van der Waals surface area contributed by atoms with Crippen LogP contribution in [0.25, 0.3) is 0 Å². The Labute approximate surface area is 192 Å². The largest absolute Gasteiger partial charge is 0.447 e. The van der Waals surface area contributed by atoms with Crippen molar-refractivity contribution in [2.75, 3.05) is 5.32 Å². The van der Waals surface area contributed by atoms with Gasteiger partial charge in [-0.15, -0.1) is 0 Å². The number of ketones is 1. The molecule has 0 aliphatic heterocycles. The van der Waals surface area contributed by atoms with Crippen LogP contribution in [0.5, 0.6) is 0 Å². The van der Waals surface area contributed by atoms with Gasteiger partial charge in [0, 0.05) is 28.3 Å². The van der Waals surface area contributed by atoms with E-state index in [0.717, 1.165) is 11.1 Å². The molecule has 164 valence electrons. The normalized spacial score (nSPS) is 11.5. The maximum atomic E-state index is 13.0. The van der Waals surface area contributed by atoms with E-state index in [9.17, 15) is 14.4 Å². The molecule has 0 unspecified atom stereocenters. The van der Waals surface area contributed by atoms with E-state index in [1.807, 2.05) is 38.1 Å². The molecule has 0 aliphatic carbocycles. The van der Waals surface area contributed by atoms with E-state index in [1.165, 1.54) is 0 Å². The number of benzene rings is 3. The van der Waals surface area contributed by atoms with E-state index >= 15 is 0 Å². The second-order valence-electron chi connectivity index (χ2n) is 7.52. The molecule has 0 heterocycles. The quantitative estimate of drug-likeness (QED) is 0.346. The van der Waals surface area contributed by atoms with Crippen molar-refractivity contribution in [2.45, 2.75) is 32.8 Å². The number of ether oxygens (including phenoxy) is 1. The first-order valence-corrected chi connectivity index (χ1v) is 10.6. The van der Waals surface area contributed by atoms with Gasteiger partial charge in [0.25, 0.3) is 5.91 Å². The summed E-state index contributed by atoms with van der Waals surface area (Å²) in [7, 11) is 0. The molecule has 0 saturated carbocycles. The lowest BCUT2D eigenvalue weighted by Crippen LogP contribution is -2.26. The maximum absolute atomic E-state index is 13.0. The molecule has 0 aliphatic rings. The Balaban J connectivity index is 1.69. The fourth-order valence-corrected chi connectivity index (χ4v) is 3.28. The second-order valence-corrected chi connectivity index (χ2v) is 7.95. The second kappa shape index (κ2) is 10.7. The van der Waals surface area contributed by atoms with Crippen molar-refractivity contribution in [2.24, 2.45) is 0 Å². The lowest BCUT2D eigenvalue weighted by molar-refractivity contribution is -0.154. The van der Waals surface area contributed by atoms with Crippen molar-refractivity contribution in [3.63, 3.8) is 0 Å². The van der Waals surface area contributed by atoms with E-state index in [2.05, 4.69) is 5.32 Å². The molecule has 0 radical (unpaired) electrons. The summed E-state index contributed by atoms with van der Waals surface area (Å²) >= 11 is 5.84. The molecular formula is C26H24ClNO4. The molecule has 0 fully saturated rings. The third-order valence-corrected chi connectivity index (χ3v) is 5.22. The molecule has 0 saturated heterocycles. The first kappa shape index (κ1) is 23.2. The van der Waals surface area contributed by atoms with Crippen LogP contribution in [0.1, 0.15) is 46.0 Å². The van der Waals surface area contributed by atoms with Gasteiger partial charge in [-0.05, 0) is 55.3 Å². The summed E-state index contributed by atoms with van der Waals surface area (Å²) in [5.74, 6) is -1.28. The van der Waals surface area contributed by atoms with Crippen LogP contribution < -0.4 is 5.32 Å². The van der Waals surface area contributed by atoms with Crippen molar-refractivity contribution in [1.29, 1.82) is 0 Å². The number of anilines is 1. The molecule has 3 aromatic rings. The summed E-state index contributed by atoms with van der Waals surface area (Å²) in [6, 6.07) is 21.0. The van der Waals surface area contributed by atoms with Crippen molar-refractivity contribution >= 4 is 34.9 Å². The highest BCUT2D eigenvalue weighted by Gasteiger charge is 2.26. The van der Waals surface area contributed by atoms with Gasteiger partial charge >= 0.3 is 5.97 Å². The molecular weight excluding hydrogens is 426 g/mol. The Morgan fingerprint density at radius 1 is 0.906 bits per heavy atom. The van der Waals surface area contributed by atoms with Crippen molar-refractivity contribution in [3.05, 3.63) is 100 Å². The Morgan fingerprint density at radius 2 is 1.59 bits per heavy atom. The van der Waals surface area contributed by atoms with Gasteiger partial charge in [-0.25, -0.2) is 0 Å². The van der Waals surface area contributed by atoms with E-state index in [1.54, 1.807) is 48.5 Å². The number of esters is 1. The van der Waals surface area contributed by atoms with E-state index in [0.29, 0.717) is 21.8 Å². The zero-order valence-electron chi connectivity index (χ0n) is 17.9. The third-order valence-electron chi connectivity index (χ3n) is 4.96. The van der Waals surface area contributed by atoms with Gasteiger partial charge in [0.1, 0.15) is 0 Å². The van der Waals surface area contributed by atoms with Gasteiger partial charge in [-0.3, -0.25) is 14.4 Å². The summed E-state index contributed by atoms with van der Waals surface area (Å²) in [5.41, 5.74) is 3.57. The minimum Gasteiger partial charge on any atom is -0.447 e. The summed E-state index contributed by atoms with van der Waals surface area (Å²) in [5, 5.41) is 3.38. The topological polar surface area (TPSA) is 72.5 Å². The predicted molar refractivity (Wildman–Crippen MR) is 125 cm³/mol. The zero-order chi connectivity index (χ0) is 23.1. The molecule has 1 atom stereocenters. The average Bonchev–Trinajstić information content (AvgIpc) is 2.79. The highest BCUT2D eigenvalue weighted by molar-refractivity contribution is 6.30. The number of nitrogens with one attached hydrogen (secondary N) is 1. The number of amides is 1. The maximum Gasteiger partial charge on any atom is 0.307 e. The standard InChI is InChI=1S/C26H24ClNO4/c1-17-8-9-18(2)22(16-17)28-26(31)25(20-6-4-3-5-7-20)32-24(30)15-14-23(29)19-10-12-21(27)13-11-19/h3-13,16,25H,14-15H2,1-2H3,(H,28,31)/t25-/m1/s1. The number of rotatable bonds is 8. The molecule has 5 nitrogen and oxygen atoms in total. The molecule has 0 spiro atoms. The number of carbonyl (C=O) groups excluding carboxylic acids is 3. The summed E-state index contributed by atoms with van der Waals surface area (Å²) < 4.78 is 5.52. The SMILES string of the molecule is Cc1ccc(C)c(NC(=O)[C@H](OC(=O)CCC(=O)c2ccc(Cl)cc2)c2ccccc2)c1.